The van der Waals surface area contributed by atoms with E-state index in [0.29, 0.717) is 22.5 Å². The number of carbonyl (C=O) groups is 2. The molecular formula is C25H28N2O3. The molecule has 5 nitrogen and oxygen atoms in total. The zero-order chi connectivity index (χ0) is 22.1. The molecule has 3 rings (SSSR count). The van der Waals surface area contributed by atoms with Gasteiger partial charge in [-0.2, -0.15) is 5.10 Å². The predicted octanol–water partition coefficient (Wildman–Crippen LogP) is 5.21. The van der Waals surface area contributed by atoms with E-state index >= 15 is 0 Å². The first-order valence-corrected chi connectivity index (χ1v) is 10.1. The highest BCUT2D eigenvalue weighted by Gasteiger charge is 2.26. The fraction of sp³-hybridized carbons (Fsp3) is 0.320. The van der Waals surface area contributed by atoms with E-state index in [1.165, 1.54) is 0 Å². The van der Waals surface area contributed by atoms with Crippen LogP contribution in [0.5, 0.6) is 0 Å². The maximum absolute atomic E-state index is 12.8. The summed E-state index contributed by atoms with van der Waals surface area (Å²) in [6, 6.07) is 17.1. The van der Waals surface area contributed by atoms with Crippen LogP contribution in [-0.2, 0) is 10.2 Å². The third-order valence-corrected chi connectivity index (χ3v) is 5.18. The predicted molar refractivity (Wildman–Crippen MR) is 117 cm³/mol. The van der Waals surface area contributed by atoms with E-state index in [0.717, 1.165) is 11.3 Å². The molecule has 0 amide bonds. The highest BCUT2D eigenvalue weighted by atomic mass is 16.5. The summed E-state index contributed by atoms with van der Waals surface area (Å²) in [5.74, 6) is -0.770. The molecule has 0 radical (unpaired) electrons. The van der Waals surface area contributed by atoms with Crippen molar-refractivity contribution in [1.29, 1.82) is 0 Å². The van der Waals surface area contributed by atoms with Crippen LogP contribution in [-0.4, -0.2) is 27.6 Å². The number of hydrogen-bond acceptors (Lipinski definition) is 4. The number of ketones is 1. The second kappa shape index (κ2) is 8.27. The van der Waals surface area contributed by atoms with Crippen LogP contribution in [0.3, 0.4) is 0 Å². The van der Waals surface area contributed by atoms with E-state index in [4.69, 9.17) is 4.74 Å². The SMILES string of the molecule is Cc1nn(-c2ccccc2)c(C)c1C(=O)O[C@@H](C)C(=O)c1ccc(C(C)(C)C)cc1. The van der Waals surface area contributed by atoms with Crippen molar-refractivity contribution in [1.82, 2.24) is 9.78 Å². The Labute approximate surface area is 177 Å². The van der Waals surface area contributed by atoms with Crippen LogP contribution in [0.25, 0.3) is 5.69 Å². The van der Waals surface area contributed by atoms with Gasteiger partial charge >= 0.3 is 5.97 Å². The number of nitrogens with zero attached hydrogens (tertiary/aromatic N) is 2. The van der Waals surface area contributed by atoms with Gasteiger partial charge in [-0.15, -0.1) is 0 Å². The van der Waals surface area contributed by atoms with E-state index in [1.54, 1.807) is 30.7 Å². The number of aromatic nitrogens is 2. The van der Waals surface area contributed by atoms with Gasteiger partial charge in [0.15, 0.2) is 6.10 Å². The summed E-state index contributed by atoms with van der Waals surface area (Å²) in [5.41, 5.74) is 4.17. The smallest absolute Gasteiger partial charge is 0.342 e. The van der Waals surface area contributed by atoms with E-state index in [-0.39, 0.29) is 11.2 Å². The van der Waals surface area contributed by atoms with Crippen molar-refractivity contribution < 1.29 is 14.3 Å². The molecule has 156 valence electrons. The molecule has 0 bridgehead atoms. The molecule has 0 aliphatic rings. The molecule has 0 aliphatic carbocycles. The minimum atomic E-state index is -0.892. The third-order valence-electron chi connectivity index (χ3n) is 5.18. The zero-order valence-corrected chi connectivity index (χ0v) is 18.4. The summed E-state index contributed by atoms with van der Waals surface area (Å²) in [6.45, 7) is 11.5. The molecule has 2 aromatic carbocycles. The van der Waals surface area contributed by atoms with Crippen LogP contribution in [0.1, 0.15) is 65.4 Å². The van der Waals surface area contributed by atoms with Gasteiger partial charge in [-0.05, 0) is 43.9 Å². The standard InChI is InChI=1S/C25H28N2O3/c1-16-22(17(2)27(26-16)21-10-8-7-9-11-21)24(29)30-18(3)23(28)19-12-14-20(15-13-19)25(4,5)6/h7-15,18H,1-6H3/t18-/m0/s1. The molecule has 1 heterocycles. The molecule has 0 N–H and O–H groups in total. The maximum atomic E-state index is 12.8. The maximum Gasteiger partial charge on any atom is 0.342 e. The summed E-state index contributed by atoms with van der Waals surface area (Å²) in [4.78, 5) is 25.6. The lowest BCUT2D eigenvalue weighted by Crippen LogP contribution is -2.25. The van der Waals surface area contributed by atoms with Crippen molar-refractivity contribution in [2.45, 2.75) is 53.1 Å². The fourth-order valence-electron chi connectivity index (χ4n) is 3.40. The highest BCUT2D eigenvalue weighted by Crippen LogP contribution is 2.23. The average Bonchev–Trinajstić information content (AvgIpc) is 3.01. The van der Waals surface area contributed by atoms with Crippen molar-refractivity contribution in [2.24, 2.45) is 0 Å². The fourth-order valence-corrected chi connectivity index (χ4v) is 3.40. The number of para-hydroxylation sites is 1. The van der Waals surface area contributed by atoms with E-state index in [9.17, 15) is 9.59 Å². The minimum Gasteiger partial charge on any atom is -0.451 e. The van der Waals surface area contributed by atoms with E-state index in [1.807, 2.05) is 49.4 Å². The van der Waals surface area contributed by atoms with Gasteiger partial charge in [0.1, 0.15) is 5.56 Å². The Morgan fingerprint density at radius 3 is 2.13 bits per heavy atom. The summed E-state index contributed by atoms with van der Waals surface area (Å²) >= 11 is 0. The number of Topliss-reactive ketones (excluding diaryl/α,β-unsaturated/α-hetero) is 1. The van der Waals surface area contributed by atoms with Crippen molar-refractivity contribution in [3.8, 4) is 5.69 Å². The Morgan fingerprint density at radius 2 is 1.57 bits per heavy atom. The summed E-state index contributed by atoms with van der Waals surface area (Å²) < 4.78 is 7.23. The van der Waals surface area contributed by atoms with Crippen LogP contribution < -0.4 is 0 Å². The second-order valence-electron chi connectivity index (χ2n) is 8.53. The third kappa shape index (κ3) is 4.35. The number of esters is 1. The van der Waals surface area contributed by atoms with Gasteiger partial charge < -0.3 is 4.74 Å². The average molecular weight is 405 g/mol. The van der Waals surface area contributed by atoms with Crippen LogP contribution in [0.2, 0.25) is 0 Å². The number of rotatable bonds is 5. The number of benzene rings is 2. The molecule has 5 heteroatoms. The van der Waals surface area contributed by atoms with Gasteiger partial charge in [-0.1, -0.05) is 63.2 Å². The monoisotopic (exact) mass is 404 g/mol. The lowest BCUT2D eigenvalue weighted by Gasteiger charge is -2.19. The molecule has 0 spiro atoms. The van der Waals surface area contributed by atoms with Crippen LogP contribution >= 0.6 is 0 Å². The normalized spacial score (nSPS) is 12.5. The number of carbonyl (C=O) groups excluding carboxylic acids is 2. The van der Waals surface area contributed by atoms with Gasteiger partial charge in [0.2, 0.25) is 5.78 Å². The summed E-state index contributed by atoms with van der Waals surface area (Å²) in [6.07, 6.45) is -0.892. The second-order valence-corrected chi connectivity index (χ2v) is 8.53. The largest absolute Gasteiger partial charge is 0.451 e. The topological polar surface area (TPSA) is 61.2 Å². The minimum absolute atomic E-state index is 0.00756. The Bertz CT molecular complexity index is 1060. The number of ether oxygens (including phenoxy) is 1. The van der Waals surface area contributed by atoms with Gasteiger partial charge in [0.25, 0.3) is 0 Å². The first kappa shape index (κ1) is 21.5. The number of hydrogen-bond donors (Lipinski definition) is 0. The molecule has 0 saturated heterocycles. The molecule has 3 aromatic rings. The van der Waals surface area contributed by atoms with Gasteiger partial charge in [0, 0.05) is 5.56 Å². The molecule has 0 fully saturated rings. The van der Waals surface area contributed by atoms with Gasteiger partial charge in [-0.3, -0.25) is 4.79 Å². The van der Waals surface area contributed by atoms with E-state index in [2.05, 4.69) is 25.9 Å². The summed E-state index contributed by atoms with van der Waals surface area (Å²) in [5, 5.41) is 4.48. The molecule has 30 heavy (non-hydrogen) atoms. The Morgan fingerprint density at radius 1 is 0.967 bits per heavy atom. The summed E-state index contributed by atoms with van der Waals surface area (Å²) in [7, 11) is 0. The quantitative estimate of drug-likeness (QED) is 0.432. The van der Waals surface area contributed by atoms with Crippen LogP contribution in [0.15, 0.2) is 54.6 Å². The Balaban J connectivity index is 1.77. The van der Waals surface area contributed by atoms with Crippen LogP contribution in [0, 0.1) is 13.8 Å². The van der Waals surface area contributed by atoms with Crippen LogP contribution in [0.4, 0.5) is 0 Å². The van der Waals surface area contributed by atoms with Crippen molar-refractivity contribution in [2.75, 3.05) is 0 Å². The lowest BCUT2D eigenvalue weighted by atomic mass is 9.86. The Kier molecular flexibility index (Phi) is 5.92. The van der Waals surface area contributed by atoms with E-state index < -0.39 is 12.1 Å². The molecule has 1 atom stereocenters. The molecule has 0 saturated carbocycles. The van der Waals surface area contributed by atoms with Crippen molar-refractivity contribution in [3.05, 3.63) is 82.7 Å². The first-order chi connectivity index (χ1) is 14.1. The molecular weight excluding hydrogens is 376 g/mol. The lowest BCUT2D eigenvalue weighted by molar-refractivity contribution is 0.0317. The van der Waals surface area contributed by atoms with Crippen molar-refractivity contribution in [3.63, 3.8) is 0 Å². The Hall–Kier alpha value is -3.21. The zero-order valence-electron chi connectivity index (χ0n) is 18.4. The molecule has 0 unspecified atom stereocenters. The van der Waals surface area contributed by atoms with Gasteiger partial charge in [-0.25, -0.2) is 9.48 Å². The number of aryl methyl sites for hydroxylation is 1. The first-order valence-electron chi connectivity index (χ1n) is 10.1. The molecule has 1 aromatic heterocycles. The van der Waals surface area contributed by atoms with Gasteiger partial charge in [0.05, 0.1) is 17.1 Å². The molecule has 0 aliphatic heterocycles. The van der Waals surface area contributed by atoms with Crippen molar-refractivity contribution >= 4 is 11.8 Å². The highest BCUT2D eigenvalue weighted by molar-refractivity contribution is 6.01.